The van der Waals surface area contributed by atoms with E-state index < -0.39 is 0 Å². The smallest absolute Gasteiger partial charge is 0.127 e. The first kappa shape index (κ1) is 13.5. The fourth-order valence-corrected chi connectivity index (χ4v) is 2.74. The second-order valence-electron chi connectivity index (χ2n) is 5.15. The molecule has 2 atom stereocenters. The predicted molar refractivity (Wildman–Crippen MR) is 73.0 cm³/mol. The largest absolute Gasteiger partial charge is 0.317 e. The molecule has 1 fully saturated rings. The zero-order chi connectivity index (χ0) is 13.0. The summed E-state index contributed by atoms with van der Waals surface area (Å²) in [7, 11) is 0. The summed E-state index contributed by atoms with van der Waals surface area (Å²) in [6.45, 7) is 8.49. The summed E-state index contributed by atoms with van der Waals surface area (Å²) in [5.74, 6) is 0.624. The van der Waals surface area contributed by atoms with Gasteiger partial charge in [-0.3, -0.25) is 4.90 Å². The molecule has 2 unspecified atom stereocenters. The standard InChI is InChI=1S/C15H23FN2/c1-3-17-10-13-8-9-18(11-13)12(2)14-6-4-5-7-15(14)16/h4-7,12-13,17H,3,8-11H2,1-2H3. The van der Waals surface area contributed by atoms with E-state index in [1.807, 2.05) is 12.1 Å². The number of nitrogens with zero attached hydrogens (tertiary/aromatic N) is 1. The zero-order valence-electron chi connectivity index (χ0n) is 11.3. The normalized spacial score (nSPS) is 22.3. The van der Waals surface area contributed by atoms with Crippen LogP contribution >= 0.6 is 0 Å². The van der Waals surface area contributed by atoms with Gasteiger partial charge in [-0.2, -0.15) is 0 Å². The molecule has 0 saturated carbocycles. The minimum absolute atomic E-state index is 0.0832. The van der Waals surface area contributed by atoms with Crippen molar-refractivity contribution in [3.8, 4) is 0 Å². The van der Waals surface area contributed by atoms with Gasteiger partial charge in [-0.05, 0) is 45.0 Å². The van der Waals surface area contributed by atoms with Crippen molar-refractivity contribution < 1.29 is 4.39 Å². The molecule has 0 bridgehead atoms. The molecular formula is C15H23FN2. The van der Waals surface area contributed by atoms with Crippen LogP contribution in [0.25, 0.3) is 0 Å². The number of hydrogen-bond donors (Lipinski definition) is 1. The van der Waals surface area contributed by atoms with Gasteiger partial charge in [-0.15, -0.1) is 0 Å². The Kier molecular flexibility index (Phi) is 4.72. The molecule has 0 aliphatic carbocycles. The average Bonchev–Trinajstić information content (AvgIpc) is 2.85. The van der Waals surface area contributed by atoms with Crippen LogP contribution in [0.5, 0.6) is 0 Å². The highest BCUT2D eigenvalue weighted by Crippen LogP contribution is 2.28. The van der Waals surface area contributed by atoms with Gasteiger partial charge >= 0.3 is 0 Å². The van der Waals surface area contributed by atoms with E-state index in [0.29, 0.717) is 5.92 Å². The Hall–Kier alpha value is -0.930. The molecule has 100 valence electrons. The third-order valence-electron chi connectivity index (χ3n) is 3.90. The van der Waals surface area contributed by atoms with Crippen LogP contribution in [0.2, 0.25) is 0 Å². The van der Waals surface area contributed by atoms with Crippen LogP contribution in [0, 0.1) is 11.7 Å². The van der Waals surface area contributed by atoms with Crippen LogP contribution in [0.15, 0.2) is 24.3 Å². The van der Waals surface area contributed by atoms with Gasteiger partial charge in [0.15, 0.2) is 0 Å². The fourth-order valence-electron chi connectivity index (χ4n) is 2.74. The Morgan fingerprint density at radius 1 is 1.44 bits per heavy atom. The van der Waals surface area contributed by atoms with Crippen LogP contribution < -0.4 is 5.32 Å². The third-order valence-corrected chi connectivity index (χ3v) is 3.90. The van der Waals surface area contributed by atoms with Gasteiger partial charge in [-0.1, -0.05) is 25.1 Å². The minimum atomic E-state index is -0.0832. The van der Waals surface area contributed by atoms with Gasteiger partial charge < -0.3 is 5.32 Å². The molecule has 2 rings (SSSR count). The van der Waals surface area contributed by atoms with Crippen LogP contribution in [-0.4, -0.2) is 31.1 Å². The summed E-state index contributed by atoms with van der Waals surface area (Å²) in [5.41, 5.74) is 0.821. The number of hydrogen-bond acceptors (Lipinski definition) is 2. The number of rotatable bonds is 5. The van der Waals surface area contributed by atoms with E-state index >= 15 is 0 Å². The average molecular weight is 250 g/mol. The zero-order valence-corrected chi connectivity index (χ0v) is 11.3. The Morgan fingerprint density at radius 3 is 2.94 bits per heavy atom. The Bertz CT molecular complexity index is 381. The molecule has 3 heteroatoms. The van der Waals surface area contributed by atoms with Gasteiger partial charge in [0, 0.05) is 18.2 Å². The maximum atomic E-state index is 13.8. The molecule has 0 spiro atoms. The molecule has 0 radical (unpaired) electrons. The van der Waals surface area contributed by atoms with E-state index in [0.717, 1.165) is 31.7 Å². The van der Waals surface area contributed by atoms with Crippen molar-refractivity contribution >= 4 is 0 Å². The minimum Gasteiger partial charge on any atom is -0.317 e. The van der Waals surface area contributed by atoms with Gasteiger partial charge in [0.2, 0.25) is 0 Å². The van der Waals surface area contributed by atoms with E-state index in [1.165, 1.54) is 6.42 Å². The van der Waals surface area contributed by atoms with E-state index in [1.54, 1.807) is 12.1 Å². The molecule has 18 heavy (non-hydrogen) atoms. The summed E-state index contributed by atoms with van der Waals surface area (Å²) in [5, 5.41) is 3.40. The summed E-state index contributed by atoms with van der Waals surface area (Å²) >= 11 is 0. The van der Waals surface area contributed by atoms with Crippen LogP contribution in [0.4, 0.5) is 4.39 Å². The number of nitrogens with one attached hydrogen (secondary N) is 1. The quantitative estimate of drug-likeness (QED) is 0.864. The molecule has 0 amide bonds. The first-order chi connectivity index (χ1) is 8.72. The molecule has 1 heterocycles. The number of benzene rings is 1. The van der Waals surface area contributed by atoms with E-state index in [-0.39, 0.29) is 11.9 Å². The summed E-state index contributed by atoms with van der Waals surface area (Å²) in [6, 6.07) is 7.30. The number of halogens is 1. The topological polar surface area (TPSA) is 15.3 Å². The lowest BCUT2D eigenvalue weighted by molar-refractivity contribution is 0.247. The lowest BCUT2D eigenvalue weighted by Crippen LogP contribution is -2.28. The first-order valence-corrected chi connectivity index (χ1v) is 6.91. The first-order valence-electron chi connectivity index (χ1n) is 6.91. The summed E-state index contributed by atoms with van der Waals surface area (Å²) < 4.78 is 13.8. The van der Waals surface area contributed by atoms with Crippen molar-refractivity contribution in [3.63, 3.8) is 0 Å². The molecule has 1 aromatic rings. The second kappa shape index (κ2) is 6.30. The van der Waals surface area contributed by atoms with Gasteiger partial charge in [0.1, 0.15) is 5.82 Å². The molecule has 1 aliphatic heterocycles. The van der Waals surface area contributed by atoms with Gasteiger partial charge in [0.05, 0.1) is 0 Å². The SMILES string of the molecule is CCNCC1CCN(C(C)c2ccccc2F)C1. The van der Waals surface area contributed by atoms with Gasteiger partial charge in [-0.25, -0.2) is 4.39 Å². The van der Waals surface area contributed by atoms with E-state index in [4.69, 9.17) is 0 Å². The molecule has 1 N–H and O–H groups in total. The molecule has 2 nitrogen and oxygen atoms in total. The lowest BCUT2D eigenvalue weighted by Gasteiger charge is -2.25. The molecule has 1 aliphatic rings. The number of likely N-dealkylation sites (tertiary alicyclic amines) is 1. The maximum Gasteiger partial charge on any atom is 0.127 e. The van der Waals surface area contributed by atoms with Crippen LogP contribution in [0.3, 0.4) is 0 Å². The highest BCUT2D eigenvalue weighted by atomic mass is 19.1. The highest BCUT2D eigenvalue weighted by molar-refractivity contribution is 5.21. The third kappa shape index (κ3) is 3.09. The maximum absolute atomic E-state index is 13.8. The lowest BCUT2D eigenvalue weighted by atomic mass is 10.1. The van der Waals surface area contributed by atoms with Gasteiger partial charge in [0.25, 0.3) is 0 Å². The van der Waals surface area contributed by atoms with Crippen molar-refractivity contribution in [2.45, 2.75) is 26.3 Å². The van der Waals surface area contributed by atoms with Crippen molar-refractivity contribution in [1.82, 2.24) is 10.2 Å². The second-order valence-corrected chi connectivity index (χ2v) is 5.15. The molecular weight excluding hydrogens is 227 g/mol. The van der Waals surface area contributed by atoms with Crippen LogP contribution in [-0.2, 0) is 0 Å². The fraction of sp³-hybridized carbons (Fsp3) is 0.600. The van der Waals surface area contributed by atoms with E-state index in [9.17, 15) is 4.39 Å². The molecule has 0 aromatic heterocycles. The van der Waals surface area contributed by atoms with Crippen molar-refractivity contribution in [2.75, 3.05) is 26.2 Å². The molecule has 1 aromatic carbocycles. The van der Waals surface area contributed by atoms with Crippen molar-refractivity contribution in [2.24, 2.45) is 5.92 Å². The Morgan fingerprint density at radius 2 is 2.22 bits per heavy atom. The summed E-state index contributed by atoms with van der Waals surface area (Å²) in [6.07, 6.45) is 1.21. The monoisotopic (exact) mass is 250 g/mol. The Balaban J connectivity index is 1.95. The van der Waals surface area contributed by atoms with E-state index in [2.05, 4.69) is 24.1 Å². The van der Waals surface area contributed by atoms with Crippen molar-refractivity contribution in [1.29, 1.82) is 0 Å². The Labute approximate surface area is 109 Å². The van der Waals surface area contributed by atoms with Crippen molar-refractivity contribution in [3.05, 3.63) is 35.6 Å². The predicted octanol–water partition coefficient (Wildman–Crippen LogP) is 2.82. The summed E-state index contributed by atoms with van der Waals surface area (Å²) in [4.78, 5) is 2.39. The van der Waals surface area contributed by atoms with Crippen LogP contribution in [0.1, 0.15) is 31.9 Å². The molecule has 1 saturated heterocycles. The highest BCUT2D eigenvalue weighted by Gasteiger charge is 2.27.